The molecule has 2 atom stereocenters. The van der Waals surface area contributed by atoms with E-state index in [0.717, 1.165) is 61.9 Å². The molecule has 0 bridgehead atoms. The van der Waals surface area contributed by atoms with Crippen LogP contribution in [-0.2, 0) is 4.79 Å². The second-order valence-corrected chi connectivity index (χ2v) is 9.29. The summed E-state index contributed by atoms with van der Waals surface area (Å²) in [4.78, 5) is 31.2. The van der Waals surface area contributed by atoms with Crippen LogP contribution in [0.1, 0.15) is 44.7 Å². The number of nitrogens with one attached hydrogen (secondary N) is 1. The van der Waals surface area contributed by atoms with E-state index < -0.39 is 0 Å². The van der Waals surface area contributed by atoms with Crippen LogP contribution in [-0.4, -0.2) is 69.3 Å². The summed E-state index contributed by atoms with van der Waals surface area (Å²) in [5.41, 5.74) is 0.985. The van der Waals surface area contributed by atoms with Crippen molar-refractivity contribution in [3.63, 3.8) is 0 Å². The molecule has 190 valence electrons. The van der Waals surface area contributed by atoms with Crippen LogP contribution in [0.4, 0.5) is 5.82 Å². The van der Waals surface area contributed by atoms with Crippen molar-refractivity contribution < 1.29 is 14.3 Å². The van der Waals surface area contributed by atoms with Crippen LogP contribution < -0.4 is 19.7 Å². The summed E-state index contributed by atoms with van der Waals surface area (Å²) in [5, 5.41) is 3.17. The van der Waals surface area contributed by atoms with Gasteiger partial charge in [-0.05, 0) is 43.7 Å². The Labute approximate surface area is 211 Å². The highest BCUT2D eigenvalue weighted by atomic mass is 16.7. The van der Waals surface area contributed by atoms with Crippen LogP contribution in [0, 0.1) is 0 Å². The van der Waals surface area contributed by atoms with Gasteiger partial charge in [-0.2, -0.15) is 4.98 Å². The zero-order valence-electron chi connectivity index (χ0n) is 20.8. The van der Waals surface area contributed by atoms with Crippen molar-refractivity contribution in [3.8, 4) is 17.4 Å². The molecule has 0 radical (unpaired) electrons. The number of aromatic nitrogens is 4. The fourth-order valence-electron chi connectivity index (χ4n) is 4.76. The Hall–Kier alpha value is -3.66. The van der Waals surface area contributed by atoms with Gasteiger partial charge in [-0.25, -0.2) is 9.97 Å². The second-order valence-electron chi connectivity index (χ2n) is 9.29. The van der Waals surface area contributed by atoms with E-state index in [1.54, 1.807) is 23.3 Å². The van der Waals surface area contributed by atoms with E-state index in [0.29, 0.717) is 12.4 Å². The van der Waals surface area contributed by atoms with Gasteiger partial charge >= 0.3 is 0 Å². The normalized spacial score (nSPS) is 18.3. The fourth-order valence-corrected chi connectivity index (χ4v) is 4.76. The Morgan fingerprint density at radius 1 is 1.19 bits per heavy atom. The third-order valence-electron chi connectivity index (χ3n) is 6.75. The number of ether oxygens (including phenoxy) is 2. The first-order valence-electron chi connectivity index (χ1n) is 12.6. The third-order valence-corrected chi connectivity index (χ3v) is 6.75. The quantitative estimate of drug-likeness (QED) is 0.488. The number of nitrogens with zero attached hydrogens (tertiary/aromatic N) is 6. The number of piperazine rings is 1. The highest BCUT2D eigenvalue weighted by Crippen LogP contribution is 2.34. The fraction of sp³-hybridized carbons (Fsp3) is 0.462. The van der Waals surface area contributed by atoms with Crippen molar-refractivity contribution in [1.82, 2.24) is 29.7 Å². The number of carbonyl (C=O) groups is 1. The largest absolute Gasteiger partial charge is 0.454 e. The van der Waals surface area contributed by atoms with Crippen LogP contribution in [0.3, 0.4) is 0 Å². The van der Waals surface area contributed by atoms with Gasteiger partial charge in [0.05, 0.1) is 12.1 Å². The number of benzene rings is 1. The van der Waals surface area contributed by atoms with Gasteiger partial charge in [-0.3, -0.25) is 14.3 Å². The maximum atomic E-state index is 13.2. The molecule has 4 heterocycles. The molecule has 0 aliphatic carbocycles. The van der Waals surface area contributed by atoms with Crippen LogP contribution in [0.15, 0.2) is 49.2 Å². The van der Waals surface area contributed by atoms with E-state index in [1.807, 2.05) is 37.4 Å². The Morgan fingerprint density at radius 3 is 2.92 bits per heavy atom. The maximum Gasteiger partial charge on any atom is 0.236 e. The average Bonchev–Trinajstić information content (AvgIpc) is 3.59. The number of carbonyl (C=O) groups excluding carboxylic acids is 1. The Bertz CT molecular complexity index is 1170. The molecule has 0 spiro atoms. The lowest BCUT2D eigenvalue weighted by atomic mass is 10.0. The first-order valence-corrected chi connectivity index (χ1v) is 12.6. The van der Waals surface area contributed by atoms with E-state index in [9.17, 15) is 4.79 Å². The highest BCUT2D eigenvalue weighted by Gasteiger charge is 2.30. The molecule has 2 aliphatic heterocycles. The number of hydrogen-bond acceptors (Lipinski definition) is 8. The molecule has 5 rings (SSSR count). The van der Waals surface area contributed by atoms with Crippen LogP contribution in [0.25, 0.3) is 5.95 Å². The molecule has 2 unspecified atom stereocenters. The lowest BCUT2D eigenvalue weighted by Crippen LogP contribution is -2.55. The van der Waals surface area contributed by atoms with Crippen molar-refractivity contribution in [3.05, 3.63) is 54.7 Å². The van der Waals surface area contributed by atoms with E-state index in [2.05, 4.69) is 32.0 Å². The van der Waals surface area contributed by atoms with Crippen molar-refractivity contribution in [2.45, 2.75) is 45.2 Å². The summed E-state index contributed by atoms with van der Waals surface area (Å²) in [7, 11) is 0. The topological polar surface area (TPSA) is 97.6 Å². The number of imidazole rings is 1. The molecule has 1 N–H and O–H groups in total. The molecule has 1 fully saturated rings. The molecule has 1 aromatic carbocycles. The zero-order valence-corrected chi connectivity index (χ0v) is 20.8. The molecular formula is C26H33N7O3. The number of fused-ring (bicyclic) bond motifs is 1. The monoisotopic (exact) mass is 491 g/mol. The smallest absolute Gasteiger partial charge is 0.236 e. The number of rotatable bonds is 9. The van der Waals surface area contributed by atoms with Gasteiger partial charge in [0.2, 0.25) is 18.6 Å². The number of anilines is 1. The Morgan fingerprint density at radius 2 is 2.08 bits per heavy atom. The van der Waals surface area contributed by atoms with E-state index >= 15 is 0 Å². The van der Waals surface area contributed by atoms with Gasteiger partial charge in [-0.1, -0.05) is 19.4 Å². The zero-order chi connectivity index (χ0) is 24.9. The molecule has 10 heteroatoms. The third kappa shape index (κ3) is 5.43. The minimum absolute atomic E-state index is 0.00472. The van der Waals surface area contributed by atoms with Crippen LogP contribution in [0.2, 0.25) is 0 Å². The number of unbranched alkanes of at least 4 members (excludes halogenated alkanes) is 1. The summed E-state index contributed by atoms with van der Waals surface area (Å²) in [6.07, 6.45) is 9.66. The predicted octanol–water partition coefficient (Wildman–Crippen LogP) is 2.95. The minimum Gasteiger partial charge on any atom is -0.454 e. The van der Waals surface area contributed by atoms with Crippen molar-refractivity contribution in [2.75, 3.05) is 37.9 Å². The van der Waals surface area contributed by atoms with E-state index in [4.69, 9.17) is 14.5 Å². The van der Waals surface area contributed by atoms with Gasteiger partial charge in [0.1, 0.15) is 12.1 Å². The Balaban J connectivity index is 1.30. The van der Waals surface area contributed by atoms with Gasteiger partial charge in [0.25, 0.3) is 0 Å². The van der Waals surface area contributed by atoms with Crippen molar-refractivity contribution in [1.29, 1.82) is 0 Å². The molecule has 1 amide bonds. The standard InChI is InChI=1S/C26H33N7O3/c1-3-4-10-31-12-13-33(24-7-8-28-26(30-24)32-11-9-27-17-32)21(16-31)15-25(34)29-19(2)20-5-6-22-23(14-20)36-18-35-22/h5-9,11,14,17,19,21H,3-4,10,12-13,15-16,18H2,1-2H3,(H,29,34). The first-order chi connectivity index (χ1) is 17.6. The lowest BCUT2D eigenvalue weighted by Gasteiger charge is -2.42. The van der Waals surface area contributed by atoms with Crippen LogP contribution in [0.5, 0.6) is 11.5 Å². The first kappa shape index (κ1) is 24.1. The summed E-state index contributed by atoms with van der Waals surface area (Å²) < 4.78 is 12.7. The molecule has 0 saturated carbocycles. The predicted molar refractivity (Wildman–Crippen MR) is 135 cm³/mol. The summed E-state index contributed by atoms with van der Waals surface area (Å²) in [6.45, 7) is 8.03. The highest BCUT2D eigenvalue weighted by molar-refractivity contribution is 5.77. The van der Waals surface area contributed by atoms with Gasteiger partial charge in [0, 0.05) is 44.6 Å². The molecule has 36 heavy (non-hydrogen) atoms. The number of hydrogen-bond donors (Lipinski definition) is 1. The van der Waals surface area contributed by atoms with E-state index in [-0.39, 0.29) is 24.8 Å². The summed E-state index contributed by atoms with van der Waals surface area (Å²) >= 11 is 0. The Kier molecular flexibility index (Phi) is 7.31. The van der Waals surface area contributed by atoms with Gasteiger partial charge in [0.15, 0.2) is 11.5 Å². The summed E-state index contributed by atoms with van der Waals surface area (Å²) in [6, 6.07) is 7.57. The molecule has 2 aromatic heterocycles. The summed E-state index contributed by atoms with van der Waals surface area (Å²) in [5.74, 6) is 2.86. The van der Waals surface area contributed by atoms with Crippen molar-refractivity contribution in [2.24, 2.45) is 0 Å². The van der Waals surface area contributed by atoms with Gasteiger partial charge in [-0.15, -0.1) is 0 Å². The second kappa shape index (κ2) is 10.9. The molecule has 1 saturated heterocycles. The average molecular weight is 492 g/mol. The van der Waals surface area contributed by atoms with Crippen LogP contribution >= 0.6 is 0 Å². The number of amides is 1. The van der Waals surface area contributed by atoms with Gasteiger partial charge < -0.3 is 19.7 Å². The van der Waals surface area contributed by atoms with E-state index in [1.165, 1.54) is 0 Å². The maximum absolute atomic E-state index is 13.2. The SMILES string of the molecule is CCCCN1CCN(c2ccnc(-n3ccnc3)n2)C(CC(=O)NC(C)c2ccc3c(c2)OCO3)C1. The lowest BCUT2D eigenvalue weighted by molar-refractivity contribution is -0.122. The molecule has 3 aromatic rings. The molecule has 2 aliphatic rings. The molecule has 10 nitrogen and oxygen atoms in total. The minimum atomic E-state index is -0.146. The van der Waals surface area contributed by atoms with Crippen molar-refractivity contribution >= 4 is 11.7 Å². The molecular weight excluding hydrogens is 458 g/mol.